The van der Waals surface area contributed by atoms with Crippen molar-refractivity contribution in [3.63, 3.8) is 0 Å². The summed E-state index contributed by atoms with van der Waals surface area (Å²) in [6.07, 6.45) is 11.7. The lowest BCUT2D eigenvalue weighted by molar-refractivity contribution is -0.385. The van der Waals surface area contributed by atoms with Crippen molar-refractivity contribution in [1.29, 1.82) is 0 Å². The highest BCUT2D eigenvalue weighted by Crippen LogP contribution is 2.48. The number of nitrogens with one attached hydrogen (secondary N) is 1. The van der Waals surface area contributed by atoms with E-state index in [4.69, 9.17) is 205 Å². The molecule has 0 atom stereocenters. The summed E-state index contributed by atoms with van der Waals surface area (Å²) in [5, 5.41) is 69.5. The van der Waals surface area contributed by atoms with Crippen molar-refractivity contribution in [1.82, 2.24) is 35.1 Å². The SMILES string of the molecule is C1CCOC1.Nc1cc(Cl)c(Oc2ccc3nc(C4CC4)ccc3c2)c(Cl)c1.O=C(Cc1cc(Cl)c(Oc2ccc3nc(C4CC4)ccc3c2)c(Cl)c1)c1noc(=O)[nH]1.O=C1CC(C(=O)Cl)=NO1.O=[N+]([O-])c1cc(Cl)c(F)c(Cl)c1.O=[N+]([O-])c1cc(Cl)c(Oc2ccc3nc(C4CC4)ccc3c2)c(Cl)c1.O=[N+]([O-])c1cc(Cl)c(Oc2ccc3nc(Cl)ccc3c2)c(Cl)c1.OB(O)C1CC1.Oc1ccc2nc(Cl)ccc2c1. The third kappa shape index (κ3) is 31.0. The van der Waals surface area contributed by atoms with Gasteiger partial charge in [-0.3, -0.25) is 64.4 Å². The van der Waals surface area contributed by atoms with Gasteiger partial charge in [-0.2, -0.15) is 0 Å². The van der Waals surface area contributed by atoms with Gasteiger partial charge in [0.25, 0.3) is 22.3 Å². The molecule has 10 aromatic carbocycles. The number of ketones is 1. The largest absolute Gasteiger partial charge is 0.508 e. The molecule has 4 saturated carbocycles. The number of H-pyrrole nitrogens is 1. The number of anilines is 1. The van der Waals surface area contributed by atoms with Crippen molar-refractivity contribution in [3.8, 4) is 51.7 Å². The summed E-state index contributed by atoms with van der Waals surface area (Å²) in [4.78, 5) is 102. The van der Waals surface area contributed by atoms with Crippen LogP contribution in [0.15, 0.2) is 227 Å². The van der Waals surface area contributed by atoms with E-state index in [0.717, 1.165) is 98.6 Å². The van der Waals surface area contributed by atoms with Gasteiger partial charge >= 0.3 is 18.8 Å². The maximum atomic E-state index is 12.7. The van der Waals surface area contributed by atoms with Gasteiger partial charge in [0.05, 0.1) is 99.0 Å². The van der Waals surface area contributed by atoms with Gasteiger partial charge < -0.3 is 49.4 Å². The van der Waals surface area contributed by atoms with E-state index in [1.54, 1.807) is 84.9 Å². The topological polar surface area (TPSA) is 458 Å². The molecule has 146 heavy (non-hydrogen) atoms. The smallest absolute Gasteiger partial charge is 0.454 e. The van der Waals surface area contributed by atoms with Gasteiger partial charge in [0, 0.05) is 123 Å². The number of rotatable bonds is 19. The molecule has 0 amide bonds. The number of carbonyl (C=O) groups excluding carboxylic acids is 3. The van der Waals surface area contributed by atoms with Gasteiger partial charge in [-0.15, -0.1) is 0 Å². The fraction of sp³-hybridized carbons (Fsp3) is 0.182. The number of nitrogens with zero attached hydrogens (tertiary/aromatic N) is 10. The summed E-state index contributed by atoms with van der Waals surface area (Å²) in [5.74, 6) is 2.78. The van der Waals surface area contributed by atoms with Gasteiger partial charge in [-0.05, 0) is 232 Å². The third-order valence-electron chi connectivity index (χ3n) is 21.6. The second-order valence-corrected chi connectivity index (χ2v) is 37.9. The van der Waals surface area contributed by atoms with Crippen LogP contribution in [0.2, 0.25) is 66.3 Å². The molecule has 32 nitrogen and oxygen atoms in total. The van der Waals surface area contributed by atoms with E-state index < -0.39 is 50.5 Å². The number of fused-ring (bicyclic) bond motifs is 5. The second-order valence-electron chi connectivity index (χ2n) is 32.7. The van der Waals surface area contributed by atoms with Gasteiger partial charge in [0.15, 0.2) is 34.5 Å². The van der Waals surface area contributed by atoms with Crippen LogP contribution in [0.5, 0.6) is 51.7 Å². The zero-order valence-corrected chi connectivity index (χ0v) is 84.9. The van der Waals surface area contributed by atoms with Crippen molar-refractivity contribution in [2.24, 2.45) is 5.16 Å². The van der Waals surface area contributed by atoms with E-state index in [-0.39, 0.29) is 110 Å². The lowest BCUT2D eigenvalue weighted by Crippen LogP contribution is -2.09. The number of phenols is 1. The molecule has 1 saturated heterocycles. The normalized spacial score (nSPS) is 13.6. The van der Waals surface area contributed by atoms with E-state index in [0.29, 0.717) is 83.6 Å². The Balaban J connectivity index is 0.000000136. The molecule has 750 valence electrons. The Morgan fingerprint density at radius 1 is 0.445 bits per heavy atom. The number of hydrogen-bond donors (Lipinski definition) is 5. The van der Waals surface area contributed by atoms with Gasteiger partial charge in [-0.25, -0.2) is 23.9 Å². The van der Waals surface area contributed by atoms with Crippen LogP contribution in [-0.4, -0.2) is 108 Å². The van der Waals surface area contributed by atoms with Gasteiger partial charge in [0.2, 0.25) is 11.6 Å². The highest BCUT2D eigenvalue weighted by atomic mass is 35.5. The zero-order chi connectivity index (χ0) is 104. The number of non-ortho nitro benzene ring substituents is 3. The van der Waals surface area contributed by atoms with Crippen molar-refractivity contribution in [2.75, 3.05) is 18.9 Å². The lowest BCUT2D eigenvalue weighted by Gasteiger charge is -2.12. The molecule has 22 rings (SSSR count). The quantitative estimate of drug-likeness (QED) is 0.00577. The Kier molecular flexibility index (Phi) is 37.4. The van der Waals surface area contributed by atoms with E-state index in [1.807, 2.05) is 72.8 Å². The Labute approximate surface area is 892 Å². The number of hydrogen-bond acceptors (Lipinski definition) is 28. The molecule has 0 bridgehead atoms. The maximum absolute atomic E-state index is 12.7. The Bertz CT molecular complexity index is 7620. The van der Waals surface area contributed by atoms with E-state index in [9.17, 15) is 53.9 Å². The summed E-state index contributed by atoms with van der Waals surface area (Å²) in [7, 11) is -1.04. The number of halogens is 14. The third-order valence-corrected chi connectivity index (χ3v) is 25.0. The fourth-order valence-electron chi connectivity index (χ4n) is 13.6. The molecule has 16 aromatic rings. The number of nitro groups is 3. The average molecular weight is 2240 g/mol. The number of nitro benzene ring substituents is 3. The number of Topliss-reactive ketones (excluding diaryl/α,β-unsaturated/α-hetero) is 1. The molecule has 5 fully saturated rings. The predicted octanol–water partition coefficient (Wildman–Crippen LogP) is 29.2. The molecule has 0 spiro atoms. The first-order valence-corrected chi connectivity index (χ1v) is 48.7. The summed E-state index contributed by atoms with van der Waals surface area (Å²) < 4.78 is 45.2. The van der Waals surface area contributed by atoms with Gasteiger partial charge in [-0.1, -0.05) is 181 Å². The van der Waals surface area contributed by atoms with Crippen molar-refractivity contribution >= 4 is 258 Å². The van der Waals surface area contributed by atoms with Gasteiger partial charge in [0.1, 0.15) is 39.1 Å². The van der Waals surface area contributed by atoms with Crippen LogP contribution in [0.3, 0.4) is 0 Å². The predicted molar refractivity (Wildman–Crippen MR) is 561 cm³/mol. The number of benzene rings is 10. The number of oxime groups is 1. The molecule has 8 heterocycles. The molecule has 6 aliphatic rings. The highest BCUT2D eigenvalue weighted by molar-refractivity contribution is 6.82. The molecule has 4 aliphatic carbocycles. The number of aromatic amines is 1. The van der Waals surface area contributed by atoms with Crippen LogP contribution >= 0.6 is 151 Å². The number of nitrogens with two attached hydrogens (primary N) is 1. The summed E-state index contributed by atoms with van der Waals surface area (Å²) in [6.45, 7) is 2.00. The second kappa shape index (κ2) is 50.1. The number of nitrogen functional groups attached to an aromatic ring is 1. The standard InChI is InChI=1S/C22H15Cl2N3O4.C18H12Cl2N2O3.C18H14Cl2N2O.C15H7Cl3N2O3.C9H6ClNO.C6H2Cl2FNO2.C4H2ClNO3.C4H8O.C3H7BO2/c23-15-7-11(9-19(28)21-26-22(29)31-27-21)8-16(24)20(15)30-14-4-6-18-13(10-14)3-5-17(25-18)12-1-2-12;19-14-8-12(22(23)24)9-15(20)18(14)25-13-4-6-17-11(7-13)3-5-16(21-17)10-1-2-10;19-14-8-12(21)9-15(20)18(14)23-13-4-6-17-11(7-13)3-5-16(22-17)10-1-2-10;16-11-6-9(20(21)22)7-12(17)15(11)23-10-2-3-13-8(5-10)1-4-14(18)19-13;10-9-4-1-6-5-7(12)2-3-8(6)11-9;7-4-1-3(10(11)12)2-5(8)6(4)9;5-4(8)2-1-3(7)9-6-2;1-2-4-5-3-1;5-4(6)3-1-2-3/h3-8,10,12H,1-2,9H2,(H,26,27,29);3-10H,1-2H2;3-10H,1-2,21H2;1-7H;1-5,12H;1-2H;1H2;1-4H2;3,5-6H,1-2H2. The average Bonchev–Trinajstić information content (AvgIpc) is 1.69. The minimum absolute atomic E-state index is 0.0262. The summed E-state index contributed by atoms with van der Waals surface area (Å²) in [6, 6.07) is 59.3. The molecule has 47 heteroatoms. The van der Waals surface area contributed by atoms with Crippen molar-refractivity contribution < 1.29 is 81.7 Å². The van der Waals surface area contributed by atoms with Crippen LogP contribution in [0, 0.1) is 36.2 Å². The van der Waals surface area contributed by atoms with Crippen LogP contribution in [0.1, 0.15) is 122 Å². The summed E-state index contributed by atoms with van der Waals surface area (Å²) in [5.41, 5.74) is 13.7. The van der Waals surface area contributed by atoms with Crippen molar-refractivity contribution in [3.05, 3.63) is 348 Å². The molecule has 6 N–H and O–H groups in total. The Morgan fingerprint density at radius 2 is 0.781 bits per heavy atom. The minimum atomic E-state index is -1.04. The first-order chi connectivity index (χ1) is 69.8. The number of carbonyl (C=O) groups is 3. The fourth-order valence-corrected chi connectivity index (χ4v) is 16.8. The van der Waals surface area contributed by atoms with E-state index in [1.165, 1.54) is 81.3 Å². The van der Waals surface area contributed by atoms with Crippen LogP contribution < -0.4 is 30.4 Å². The molecule has 2 aliphatic heterocycles. The molecule has 0 radical (unpaired) electrons. The maximum Gasteiger partial charge on any atom is 0.454 e. The molecular weight excluding hydrogens is 2170 g/mol. The number of aromatic hydroxyl groups is 1. The monoisotopic (exact) mass is 2230 g/mol. The van der Waals surface area contributed by atoms with E-state index in [2.05, 4.69) is 57.8 Å². The van der Waals surface area contributed by atoms with Crippen LogP contribution in [-0.2, 0) is 25.6 Å². The van der Waals surface area contributed by atoms with Crippen LogP contribution in [0.4, 0.5) is 27.1 Å². The Hall–Kier alpha value is -12.7. The van der Waals surface area contributed by atoms with Crippen molar-refractivity contribution in [2.45, 2.75) is 101 Å². The first kappa shape index (κ1) is 109. The molecular formula is C99H73BCl13FN12O20. The van der Waals surface area contributed by atoms with E-state index >= 15 is 0 Å². The first-order valence-electron chi connectivity index (χ1n) is 43.8. The Morgan fingerprint density at radius 3 is 1.08 bits per heavy atom. The zero-order valence-electron chi connectivity index (χ0n) is 75.1. The minimum Gasteiger partial charge on any atom is -0.508 e. The summed E-state index contributed by atoms with van der Waals surface area (Å²) >= 11 is 76.4. The lowest BCUT2D eigenvalue weighted by atomic mass is 9.84. The number of phenolic OH excluding ortho intramolecular Hbond substituents is 1. The number of pyridine rings is 5. The molecule has 0 unspecified atom stereocenters. The van der Waals surface area contributed by atoms with Crippen LogP contribution in [0.25, 0.3) is 54.5 Å². The number of ether oxygens (including phenoxy) is 5. The number of aromatic nitrogens is 7. The highest BCUT2D eigenvalue weighted by Gasteiger charge is 2.34. The molecule has 6 aromatic heterocycles.